The summed E-state index contributed by atoms with van der Waals surface area (Å²) in [6.07, 6.45) is 1.61. The van der Waals surface area contributed by atoms with Gasteiger partial charge in [-0.05, 0) is 25.0 Å². The summed E-state index contributed by atoms with van der Waals surface area (Å²) in [6.45, 7) is 1.19. The van der Waals surface area contributed by atoms with Crippen molar-refractivity contribution in [3.63, 3.8) is 0 Å². The highest BCUT2D eigenvalue weighted by Gasteiger charge is 2.28. The topological polar surface area (TPSA) is 71.5 Å². The zero-order chi connectivity index (χ0) is 17.6. The number of carbonyl (C=O) groups excluding carboxylic acids is 2. The lowest BCUT2D eigenvalue weighted by atomic mass is 9.97. The number of rotatable bonds is 5. The van der Waals surface area contributed by atoms with Crippen molar-refractivity contribution >= 4 is 34.0 Å². The van der Waals surface area contributed by atoms with Crippen molar-refractivity contribution in [2.45, 2.75) is 19.3 Å². The highest BCUT2D eigenvalue weighted by atomic mass is 32.1. The number of ether oxygens (including phenoxy) is 1. The van der Waals surface area contributed by atoms with Gasteiger partial charge in [0.1, 0.15) is 0 Å². The zero-order valence-electron chi connectivity index (χ0n) is 14.1. The summed E-state index contributed by atoms with van der Waals surface area (Å²) >= 11 is 1.49. The molecule has 0 spiro atoms. The summed E-state index contributed by atoms with van der Waals surface area (Å²) in [6, 6.07) is 9.81. The van der Waals surface area contributed by atoms with Crippen LogP contribution >= 0.6 is 11.3 Å². The van der Waals surface area contributed by atoms with E-state index < -0.39 is 0 Å². The minimum Gasteiger partial charge on any atom is -0.469 e. The number of hydrogen-bond acceptors (Lipinski definition) is 6. The molecule has 0 atom stereocenters. The molecule has 2 aromatic rings. The van der Waals surface area contributed by atoms with Gasteiger partial charge in [0.25, 0.3) is 0 Å². The van der Waals surface area contributed by atoms with Crippen LogP contribution in [0.25, 0.3) is 0 Å². The van der Waals surface area contributed by atoms with Crippen molar-refractivity contribution in [2.24, 2.45) is 5.92 Å². The number of anilines is 2. The normalized spacial score (nSPS) is 15.0. The van der Waals surface area contributed by atoms with Gasteiger partial charge in [-0.2, -0.15) is 0 Å². The molecule has 1 aromatic heterocycles. The molecule has 1 aromatic carbocycles. The Bertz CT molecular complexity index is 724. The summed E-state index contributed by atoms with van der Waals surface area (Å²) in [5.74, 6) is -0.210. The molecule has 25 heavy (non-hydrogen) atoms. The van der Waals surface area contributed by atoms with Gasteiger partial charge in [0, 0.05) is 24.2 Å². The SMILES string of the molecule is COC(=O)C1CCN(C(=O)Cc2csc(Nc3ccccc3)n2)CC1. The minimum atomic E-state index is -0.178. The summed E-state index contributed by atoms with van der Waals surface area (Å²) in [4.78, 5) is 30.3. The second kappa shape index (κ2) is 8.11. The van der Waals surface area contributed by atoms with Crippen LogP contribution in [0.15, 0.2) is 35.7 Å². The molecule has 1 saturated heterocycles. The number of amides is 1. The fourth-order valence-corrected chi connectivity index (χ4v) is 3.62. The molecule has 132 valence electrons. The van der Waals surface area contributed by atoms with Gasteiger partial charge >= 0.3 is 5.97 Å². The van der Waals surface area contributed by atoms with Crippen LogP contribution in [0.1, 0.15) is 18.5 Å². The van der Waals surface area contributed by atoms with E-state index in [0.29, 0.717) is 25.9 Å². The molecule has 3 rings (SSSR count). The summed E-state index contributed by atoms with van der Waals surface area (Å²) in [5, 5.41) is 5.92. The number of hydrogen-bond donors (Lipinski definition) is 1. The van der Waals surface area contributed by atoms with Crippen LogP contribution < -0.4 is 5.32 Å². The molecule has 0 bridgehead atoms. The van der Waals surface area contributed by atoms with E-state index in [2.05, 4.69) is 10.3 Å². The third-order valence-electron chi connectivity index (χ3n) is 4.29. The maximum absolute atomic E-state index is 12.4. The van der Waals surface area contributed by atoms with Crippen molar-refractivity contribution < 1.29 is 14.3 Å². The molecule has 1 amide bonds. The van der Waals surface area contributed by atoms with Crippen LogP contribution in [-0.2, 0) is 20.7 Å². The van der Waals surface area contributed by atoms with Gasteiger partial charge in [0.05, 0.1) is 25.1 Å². The first kappa shape index (κ1) is 17.4. The lowest BCUT2D eigenvalue weighted by Crippen LogP contribution is -2.41. The highest BCUT2D eigenvalue weighted by molar-refractivity contribution is 7.13. The van der Waals surface area contributed by atoms with E-state index in [1.54, 1.807) is 0 Å². The summed E-state index contributed by atoms with van der Waals surface area (Å²) in [7, 11) is 1.41. The molecule has 0 unspecified atom stereocenters. The Kier molecular flexibility index (Phi) is 5.65. The lowest BCUT2D eigenvalue weighted by Gasteiger charge is -2.30. The smallest absolute Gasteiger partial charge is 0.308 e. The van der Waals surface area contributed by atoms with Crippen molar-refractivity contribution in [1.82, 2.24) is 9.88 Å². The molecule has 1 N–H and O–H groups in total. The van der Waals surface area contributed by atoms with Gasteiger partial charge < -0.3 is 15.0 Å². The number of nitrogens with zero attached hydrogens (tertiary/aromatic N) is 2. The third kappa shape index (κ3) is 4.57. The first-order valence-electron chi connectivity index (χ1n) is 8.28. The lowest BCUT2D eigenvalue weighted by molar-refractivity contribution is -0.148. The monoisotopic (exact) mass is 359 g/mol. The van der Waals surface area contributed by atoms with Crippen LogP contribution in [0, 0.1) is 5.92 Å². The van der Waals surface area contributed by atoms with Gasteiger partial charge in [-0.25, -0.2) is 4.98 Å². The first-order chi connectivity index (χ1) is 12.2. The molecule has 2 heterocycles. The van der Waals surface area contributed by atoms with Gasteiger partial charge in [-0.1, -0.05) is 18.2 Å². The molecule has 1 aliphatic heterocycles. The Morgan fingerprint density at radius 1 is 1.28 bits per heavy atom. The molecule has 0 radical (unpaired) electrons. The first-order valence-corrected chi connectivity index (χ1v) is 9.16. The van der Waals surface area contributed by atoms with E-state index in [9.17, 15) is 9.59 Å². The van der Waals surface area contributed by atoms with E-state index in [0.717, 1.165) is 16.5 Å². The summed E-state index contributed by atoms with van der Waals surface area (Å²) in [5.41, 5.74) is 1.74. The number of nitrogens with one attached hydrogen (secondary N) is 1. The second-order valence-electron chi connectivity index (χ2n) is 5.99. The maximum atomic E-state index is 12.4. The predicted molar refractivity (Wildman–Crippen MR) is 96.9 cm³/mol. The van der Waals surface area contributed by atoms with Crippen molar-refractivity contribution in [3.05, 3.63) is 41.4 Å². The quantitative estimate of drug-likeness (QED) is 0.831. The molecular weight excluding hydrogens is 338 g/mol. The Labute approximate surface area is 150 Å². The number of aromatic nitrogens is 1. The standard InChI is InChI=1S/C18H21N3O3S/c1-24-17(23)13-7-9-21(10-8-13)16(22)11-15-12-25-18(20-15)19-14-5-3-2-4-6-14/h2-6,12-13H,7-11H2,1H3,(H,19,20). The van der Waals surface area contributed by atoms with Gasteiger partial charge in [0.15, 0.2) is 5.13 Å². The Morgan fingerprint density at radius 3 is 2.68 bits per heavy atom. The van der Waals surface area contributed by atoms with Gasteiger partial charge in [-0.15, -0.1) is 11.3 Å². The molecule has 0 aliphatic carbocycles. The van der Waals surface area contributed by atoms with Crippen LogP contribution in [-0.4, -0.2) is 42.0 Å². The number of methoxy groups -OCH3 is 1. The largest absolute Gasteiger partial charge is 0.469 e. The number of thiazole rings is 1. The van der Waals surface area contributed by atoms with E-state index in [4.69, 9.17) is 4.74 Å². The van der Waals surface area contributed by atoms with Crippen LogP contribution in [0.2, 0.25) is 0 Å². The number of likely N-dealkylation sites (tertiary alicyclic amines) is 1. The molecule has 1 fully saturated rings. The van der Waals surface area contributed by atoms with E-state index >= 15 is 0 Å². The Morgan fingerprint density at radius 2 is 2.00 bits per heavy atom. The molecule has 7 heteroatoms. The number of para-hydroxylation sites is 1. The second-order valence-corrected chi connectivity index (χ2v) is 6.85. The number of esters is 1. The average molecular weight is 359 g/mol. The number of benzene rings is 1. The van der Waals surface area contributed by atoms with Crippen molar-refractivity contribution in [1.29, 1.82) is 0 Å². The highest BCUT2D eigenvalue weighted by Crippen LogP contribution is 2.22. The number of piperidine rings is 1. The van der Waals surface area contributed by atoms with Crippen molar-refractivity contribution in [2.75, 3.05) is 25.5 Å². The van der Waals surface area contributed by atoms with Gasteiger partial charge in [-0.3, -0.25) is 9.59 Å². The number of carbonyl (C=O) groups is 2. The minimum absolute atomic E-state index is 0.0554. The molecule has 6 nitrogen and oxygen atoms in total. The van der Waals surface area contributed by atoms with E-state index in [1.807, 2.05) is 40.6 Å². The van der Waals surface area contributed by atoms with Crippen molar-refractivity contribution in [3.8, 4) is 0 Å². The van der Waals surface area contributed by atoms with Crippen LogP contribution in [0.3, 0.4) is 0 Å². The fraction of sp³-hybridized carbons (Fsp3) is 0.389. The fourth-order valence-electron chi connectivity index (χ4n) is 2.89. The molecular formula is C18H21N3O3S. The molecule has 1 aliphatic rings. The van der Waals surface area contributed by atoms with Crippen LogP contribution in [0.5, 0.6) is 0 Å². The maximum Gasteiger partial charge on any atom is 0.308 e. The summed E-state index contributed by atoms with van der Waals surface area (Å²) < 4.78 is 4.77. The average Bonchev–Trinajstić information content (AvgIpc) is 3.08. The Hall–Kier alpha value is -2.41. The van der Waals surface area contributed by atoms with Crippen LogP contribution in [0.4, 0.5) is 10.8 Å². The van der Waals surface area contributed by atoms with Gasteiger partial charge in [0.2, 0.25) is 5.91 Å². The van der Waals surface area contributed by atoms with E-state index in [-0.39, 0.29) is 24.2 Å². The van der Waals surface area contributed by atoms with E-state index in [1.165, 1.54) is 18.4 Å². The predicted octanol–water partition coefficient (Wildman–Crippen LogP) is 2.84. The third-order valence-corrected chi connectivity index (χ3v) is 5.10. The Balaban J connectivity index is 1.51. The molecule has 0 saturated carbocycles. The zero-order valence-corrected chi connectivity index (χ0v) is 14.9.